The van der Waals surface area contributed by atoms with E-state index in [0.29, 0.717) is 24.6 Å². The van der Waals surface area contributed by atoms with Crippen LogP contribution in [0.15, 0.2) is 60.0 Å². The molecular formula is C21H25N5O4S. The van der Waals surface area contributed by atoms with Crippen molar-refractivity contribution in [1.29, 1.82) is 0 Å². The molecule has 0 aliphatic rings. The summed E-state index contributed by atoms with van der Waals surface area (Å²) in [6, 6.07) is 11.9. The van der Waals surface area contributed by atoms with E-state index in [2.05, 4.69) is 20.1 Å². The van der Waals surface area contributed by atoms with Gasteiger partial charge in [0.2, 0.25) is 15.9 Å². The Bertz CT molecular complexity index is 1130. The molecule has 10 heteroatoms. The Hall–Kier alpha value is -3.24. The summed E-state index contributed by atoms with van der Waals surface area (Å²) >= 11 is 0. The predicted octanol–water partition coefficient (Wildman–Crippen LogP) is 2.28. The van der Waals surface area contributed by atoms with Crippen LogP contribution in [0.25, 0.3) is 0 Å². The van der Waals surface area contributed by atoms with Gasteiger partial charge in [0.25, 0.3) is 0 Å². The van der Waals surface area contributed by atoms with Crippen molar-refractivity contribution >= 4 is 21.6 Å². The number of rotatable bonds is 10. The van der Waals surface area contributed by atoms with E-state index in [1.807, 2.05) is 13.8 Å². The molecule has 2 aromatic carbocycles. The maximum Gasteiger partial charge on any atom is 0.240 e. The van der Waals surface area contributed by atoms with E-state index in [0.717, 1.165) is 11.1 Å². The Kier molecular flexibility index (Phi) is 7.37. The average molecular weight is 444 g/mol. The molecule has 0 aliphatic heterocycles. The van der Waals surface area contributed by atoms with Crippen LogP contribution in [0.2, 0.25) is 0 Å². The van der Waals surface area contributed by atoms with Gasteiger partial charge in [-0.15, -0.1) is 0 Å². The standard InChI is InChI=1S/C21H25N5O4S/c1-16-6-7-20(12-17(16)2)31(28,29)24-9-8-21(27)25-18-4-3-5-19(13-18)30-11-10-26-15-22-14-23-26/h3-7,12-15,24H,8-11H2,1-2H3,(H,25,27). The molecule has 0 atom stereocenters. The minimum Gasteiger partial charge on any atom is -0.492 e. The number of hydrogen-bond acceptors (Lipinski definition) is 6. The fraction of sp³-hybridized carbons (Fsp3) is 0.286. The number of carbonyl (C=O) groups is 1. The number of aromatic nitrogens is 3. The van der Waals surface area contributed by atoms with E-state index in [-0.39, 0.29) is 23.8 Å². The van der Waals surface area contributed by atoms with Crippen molar-refractivity contribution in [2.24, 2.45) is 0 Å². The van der Waals surface area contributed by atoms with Crippen molar-refractivity contribution in [3.8, 4) is 5.75 Å². The summed E-state index contributed by atoms with van der Waals surface area (Å²) in [6.45, 7) is 4.72. The first-order valence-electron chi connectivity index (χ1n) is 9.75. The fourth-order valence-corrected chi connectivity index (χ4v) is 3.87. The van der Waals surface area contributed by atoms with Gasteiger partial charge in [-0.25, -0.2) is 22.8 Å². The van der Waals surface area contributed by atoms with Crippen LogP contribution >= 0.6 is 0 Å². The van der Waals surface area contributed by atoms with Crippen LogP contribution in [0.3, 0.4) is 0 Å². The summed E-state index contributed by atoms with van der Waals surface area (Å²) in [5, 5.41) is 6.74. The molecule has 0 saturated heterocycles. The lowest BCUT2D eigenvalue weighted by atomic mass is 10.1. The number of nitrogens with one attached hydrogen (secondary N) is 2. The van der Waals surface area contributed by atoms with Crippen LogP contribution < -0.4 is 14.8 Å². The van der Waals surface area contributed by atoms with Gasteiger partial charge >= 0.3 is 0 Å². The van der Waals surface area contributed by atoms with Crippen molar-refractivity contribution in [3.05, 3.63) is 66.2 Å². The lowest BCUT2D eigenvalue weighted by Gasteiger charge is -2.10. The first-order valence-corrected chi connectivity index (χ1v) is 11.2. The van der Waals surface area contributed by atoms with Crippen LogP contribution in [0.1, 0.15) is 17.5 Å². The minimum absolute atomic E-state index is 0.00145. The van der Waals surface area contributed by atoms with Crippen LogP contribution in [0.4, 0.5) is 5.69 Å². The van der Waals surface area contributed by atoms with Gasteiger partial charge in [-0.3, -0.25) is 4.79 Å². The number of ether oxygens (including phenoxy) is 1. The van der Waals surface area contributed by atoms with E-state index in [1.165, 1.54) is 6.33 Å². The molecule has 3 rings (SSSR count). The second kappa shape index (κ2) is 10.2. The van der Waals surface area contributed by atoms with E-state index in [1.54, 1.807) is 53.5 Å². The zero-order valence-electron chi connectivity index (χ0n) is 17.4. The van der Waals surface area contributed by atoms with Crippen molar-refractivity contribution in [3.63, 3.8) is 0 Å². The highest BCUT2D eigenvalue weighted by atomic mass is 32.2. The molecule has 0 bridgehead atoms. The molecule has 1 aromatic heterocycles. The Balaban J connectivity index is 1.46. The minimum atomic E-state index is -3.67. The summed E-state index contributed by atoms with van der Waals surface area (Å²) in [4.78, 5) is 16.3. The summed E-state index contributed by atoms with van der Waals surface area (Å²) in [7, 11) is -3.67. The van der Waals surface area contributed by atoms with Gasteiger partial charge in [-0.2, -0.15) is 5.10 Å². The summed E-state index contributed by atoms with van der Waals surface area (Å²) < 4.78 is 34.6. The van der Waals surface area contributed by atoms with Crippen LogP contribution in [-0.2, 0) is 21.4 Å². The monoisotopic (exact) mass is 443 g/mol. The van der Waals surface area contributed by atoms with Crippen LogP contribution in [-0.4, -0.2) is 42.2 Å². The van der Waals surface area contributed by atoms with Crippen LogP contribution in [0.5, 0.6) is 5.75 Å². The Labute approximate surface area is 181 Å². The molecule has 0 spiro atoms. The molecule has 0 aliphatic carbocycles. The molecule has 0 unspecified atom stereocenters. The SMILES string of the molecule is Cc1ccc(S(=O)(=O)NCCC(=O)Nc2cccc(OCCn3cncn3)c2)cc1C. The van der Waals surface area contributed by atoms with Crippen molar-refractivity contribution in [1.82, 2.24) is 19.5 Å². The molecule has 1 amide bonds. The number of aryl methyl sites for hydroxylation is 2. The lowest BCUT2D eigenvalue weighted by molar-refractivity contribution is -0.116. The average Bonchev–Trinajstić information content (AvgIpc) is 3.23. The first kappa shape index (κ1) is 22.4. The van der Waals surface area contributed by atoms with Gasteiger partial charge in [-0.1, -0.05) is 12.1 Å². The van der Waals surface area contributed by atoms with Gasteiger partial charge in [0.15, 0.2) is 0 Å². The topological polar surface area (TPSA) is 115 Å². The fourth-order valence-electron chi connectivity index (χ4n) is 2.76. The smallest absolute Gasteiger partial charge is 0.240 e. The summed E-state index contributed by atoms with van der Waals surface area (Å²) in [5.74, 6) is 0.302. The lowest BCUT2D eigenvalue weighted by Crippen LogP contribution is -2.28. The third-order valence-corrected chi connectivity index (χ3v) is 6.07. The number of amides is 1. The predicted molar refractivity (Wildman–Crippen MR) is 116 cm³/mol. The maximum atomic E-state index is 12.4. The molecule has 164 valence electrons. The molecule has 0 saturated carbocycles. The number of benzene rings is 2. The quantitative estimate of drug-likeness (QED) is 0.497. The molecule has 31 heavy (non-hydrogen) atoms. The van der Waals surface area contributed by atoms with Gasteiger partial charge in [0.05, 0.1) is 11.4 Å². The van der Waals surface area contributed by atoms with Crippen molar-refractivity contribution in [2.75, 3.05) is 18.5 Å². The van der Waals surface area contributed by atoms with E-state index < -0.39 is 10.0 Å². The Morgan fingerprint density at radius 1 is 1.13 bits per heavy atom. The molecule has 9 nitrogen and oxygen atoms in total. The number of carbonyl (C=O) groups excluding carboxylic acids is 1. The van der Waals surface area contributed by atoms with E-state index in [4.69, 9.17) is 4.74 Å². The number of hydrogen-bond donors (Lipinski definition) is 2. The molecule has 3 aromatic rings. The van der Waals surface area contributed by atoms with Gasteiger partial charge in [0.1, 0.15) is 25.0 Å². The zero-order valence-corrected chi connectivity index (χ0v) is 18.2. The normalized spacial score (nSPS) is 11.3. The van der Waals surface area contributed by atoms with Crippen LogP contribution in [0, 0.1) is 13.8 Å². The second-order valence-corrected chi connectivity index (χ2v) is 8.74. The van der Waals surface area contributed by atoms with Crippen molar-refractivity contribution < 1.29 is 17.9 Å². The highest BCUT2D eigenvalue weighted by Crippen LogP contribution is 2.18. The van der Waals surface area contributed by atoms with Crippen molar-refractivity contribution in [2.45, 2.75) is 31.7 Å². The largest absolute Gasteiger partial charge is 0.492 e. The number of nitrogens with zero attached hydrogens (tertiary/aromatic N) is 3. The number of sulfonamides is 1. The van der Waals surface area contributed by atoms with Gasteiger partial charge < -0.3 is 10.1 Å². The number of anilines is 1. The second-order valence-electron chi connectivity index (χ2n) is 6.98. The van der Waals surface area contributed by atoms with Gasteiger partial charge in [0, 0.05) is 24.7 Å². The highest BCUT2D eigenvalue weighted by Gasteiger charge is 2.15. The molecule has 1 heterocycles. The Morgan fingerprint density at radius 3 is 2.71 bits per heavy atom. The summed E-state index contributed by atoms with van der Waals surface area (Å²) in [6.07, 6.45) is 3.06. The summed E-state index contributed by atoms with van der Waals surface area (Å²) in [5.41, 5.74) is 2.48. The molecule has 0 fully saturated rings. The third kappa shape index (κ3) is 6.63. The first-order chi connectivity index (χ1) is 14.8. The zero-order chi connectivity index (χ0) is 22.3. The van der Waals surface area contributed by atoms with E-state index in [9.17, 15) is 13.2 Å². The molecule has 2 N–H and O–H groups in total. The van der Waals surface area contributed by atoms with E-state index >= 15 is 0 Å². The van der Waals surface area contributed by atoms with Gasteiger partial charge in [-0.05, 0) is 49.2 Å². The highest BCUT2D eigenvalue weighted by molar-refractivity contribution is 7.89. The Morgan fingerprint density at radius 2 is 1.97 bits per heavy atom. The maximum absolute atomic E-state index is 12.4. The molecular weight excluding hydrogens is 418 g/mol. The third-order valence-electron chi connectivity index (χ3n) is 4.61. The molecule has 0 radical (unpaired) electrons.